The third kappa shape index (κ3) is 4.76. The summed E-state index contributed by atoms with van der Waals surface area (Å²) in [4.78, 5) is 0. The molecule has 0 aliphatic carbocycles. The first-order valence-electron chi connectivity index (χ1n) is 5.06. The normalized spacial score (nSPS) is 12.0. The van der Waals surface area contributed by atoms with E-state index in [1.165, 1.54) is 6.07 Å². The highest BCUT2D eigenvalue weighted by Crippen LogP contribution is 2.27. The molecule has 0 aromatic heterocycles. The maximum Gasteiger partial charge on any atom is 0.387 e. The van der Waals surface area contributed by atoms with Crippen LogP contribution in [0.3, 0.4) is 0 Å². The first-order chi connectivity index (χ1) is 8.06. The molecule has 17 heavy (non-hydrogen) atoms. The minimum Gasteiger partial charge on any atom is -0.434 e. The molecule has 0 heterocycles. The molecule has 1 aromatic carbocycles. The van der Waals surface area contributed by atoms with Gasteiger partial charge in [0.1, 0.15) is 5.75 Å². The fraction of sp³-hybridized carbons (Fsp3) is 0.333. The molecule has 0 bridgehead atoms. The highest BCUT2D eigenvalue weighted by Gasteiger charge is 2.09. The van der Waals surface area contributed by atoms with E-state index >= 15 is 0 Å². The third-order valence-corrected chi connectivity index (χ3v) is 3.39. The molecule has 0 aliphatic heterocycles. The Hall–Kier alpha value is -0.420. The van der Waals surface area contributed by atoms with Crippen LogP contribution in [-0.4, -0.2) is 11.9 Å². The number of alkyl halides is 3. The Morgan fingerprint density at radius 3 is 2.71 bits per heavy atom. The zero-order valence-corrected chi connectivity index (χ0v) is 12.4. The second kappa shape index (κ2) is 7.11. The first-order valence-corrected chi connectivity index (χ1v) is 6.98. The molecule has 1 rings (SSSR count). The van der Waals surface area contributed by atoms with Crippen LogP contribution in [0.5, 0.6) is 5.75 Å². The van der Waals surface area contributed by atoms with Crippen molar-refractivity contribution in [2.24, 2.45) is 0 Å². The Balaban J connectivity index is 3.10. The van der Waals surface area contributed by atoms with Crippen LogP contribution in [0.25, 0.3) is 6.08 Å². The fourth-order valence-electron chi connectivity index (χ4n) is 1.29. The minimum atomic E-state index is -2.81. The van der Waals surface area contributed by atoms with Crippen molar-refractivity contribution >= 4 is 37.9 Å². The second-order valence-electron chi connectivity index (χ2n) is 3.35. The van der Waals surface area contributed by atoms with Crippen LogP contribution in [0, 0.1) is 0 Å². The molecule has 5 heteroatoms. The lowest BCUT2D eigenvalue weighted by molar-refractivity contribution is -0.0500. The summed E-state index contributed by atoms with van der Waals surface area (Å²) in [6.07, 6.45) is 2.71. The Kier molecular flexibility index (Phi) is 6.12. The largest absolute Gasteiger partial charge is 0.434 e. The molecule has 0 radical (unpaired) electrons. The van der Waals surface area contributed by atoms with E-state index in [9.17, 15) is 8.78 Å². The van der Waals surface area contributed by atoms with Crippen LogP contribution < -0.4 is 4.74 Å². The number of hydrogen-bond acceptors (Lipinski definition) is 1. The van der Waals surface area contributed by atoms with Crippen molar-refractivity contribution < 1.29 is 13.5 Å². The molecule has 0 saturated carbocycles. The number of ether oxygens (including phenoxy) is 1. The van der Waals surface area contributed by atoms with Crippen molar-refractivity contribution in [1.82, 2.24) is 0 Å². The Labute approximate surface area is 116 Å². The summed E-state index contributed by atoms with van der Waals surface area (Å²) in [6, 6.07) is 4.97. The van der Waals surface area contributed by atoms with Crippen molar-refractivity contribution in [1.29, 1.82) is 0 Å². The molecule has 0 amide bonds. The quantitative estimate of drug-likeness (QED) is 0.645. The molecule has 0 fully saturated rings. The summed E-state index contributed by atoms with van der Waals surface area (Å²) in [5.41, 5.74) is 1.76. The van der Waals surface area contributed by atoms with Crippen molar-refractivity contribution in [3.8, 4) is 5.75 Å². The molecule has 0 atom stereocenters. The van der Waals surface area contributed by atoms with E-state index in [0.29, 0.717) is 10.9 Å². The van der Waals surface area contributed by atoms with Crippen LogP contribution in [0.1, 0.15) is 18.9 Å². The van der Waals surface area contributed by atoms with Gasteiger partial charge in [-0.25, -0.2) is 0 Å². The van der Waals surface area contributed by atoms with E-state index in [-0.39, 0.29) is 5.75 Å². The summed E-state index contributed by atoms with van der Waals surface area (Å²) in [7, 11) is 0. The standard InChI is InChI=1S/C12H12Br2F2O/c1-2-8(7-13)5-9-6-10(14)3-4-11(9)17-12(15)16/h3-6,12H,2,7H2,1H3. The van der Waals surface area contributed by atoms with E-state index in [4.69, 9.17) is 0 Å². The smallest absolute Gasteiger partial charge is 0.387 e. The molecule has 0 unspecified atom stereocenters. The minimum absolute atomic E-state index is 0.190. The number of halogens is 4. The maximum absolute atomic E-state index is 12.2. The van der Waals surface area contributed by atoms with E-state index in [1.807, 2.05) is 13.0 Å². The third-order valence-electron chi connectivity index (χ3n) is 2.17. The van der Waals surface area contributed by atoms with Gasteiger partial charge in [-0.15, -0.1) is 0 Å². The van der Waals surface area contributed by atoms with Gasteiger partial charge in [0.2, 0.25) is 0 Å². The molecule has 0 saturated heterocycles. The van der Waals surface area contributed by atoms with E-state index in [0.717, 1.165) is 16.5 Å². The molecule has 1 aromatic rings. The molecule has 1 nitrogen and oxygen atoms in total. The summed E-state index contributed by atoms with van der Waals surface area (Å²) < 4.78 is 29.8. The van der Waals surface area contributed by atoms with Gasteiger partial charge >= 0.3 is 6.61 Å². The predicted octanol–water partition coefficient (Wildman–Crippen LogP) is 5.24. The Morgan fingerprint density at radius 2 is 2.18 bits per heavy atom. The van der Waals surface area contributed by atoms with E-state index < -0.39 is 6.61 Å². The summed E-state index contributed by atoms with van der Waals surface area (Å²) in [6.45, 7) is -0.795. The lowest BCUT2D eigenvalue weighted by atomic mass is 10.1. The zero-order chi connectivity index (χ0) is 12.8. The Bertz CT molecular complexity index is 399. The van der Waals surface area contributed by atoms with Crippen molar-refractivity contribution in [2.45, 2.75) is 20.0 Å². The predicted molar refractivity (Wildman–Crippen MR) is 72.8 cm³/mol. The lowest BCUT2D eigenvalue weighted by Gasteiger charge is -2.09. The van der Waals surface area contributed by atoms with Crippen LogP contribution in [0.15, 0.2) is 28.2 Å². The average Bonchev–Trinajstić information content (AvgIpc) is 2.28. The van der Waals surface area contributed by atoms with Crippen LogP contribution in [0.2, 0.25) is 0 Å². The summed E-state index contributed by atoms with van der Waals surface area (Å²) in [5, 5.41) is 0.712. The number of rotatable bonds is 5. The molecule has 0 aliphatic rings. The monoisotopic (exact) mass is 368 g/mol. The highest BCUT2D eigenvalue weighted by molar-refractivity contribution is 9.10. The molecule has 94 valence electrons. The van der Waals surface area contributed by atoms with Gasteiger partial charge in [0.15, 0.2) is 0 Å². The van der Waals surface area contributed by atoms with Gasteiger partial charge in [0.05, 0.1) is 0 Å². The zero-order valence-electron chi connectivity index (χ0n) is 9.22. The van der Waals surface area contributed by atoms with Gasteiger partial charge in [-0.2, -0.15) is 8.78 Å². The molecule has 0 spiro atoms. The fourth-order valence-corrected chi connectivity index (χ4v) is 2.23. The van der Waals surface area contributed by atoms with Gasteiger partial charge < -0.3 is 4.74 Å². The Morgan fingerprint density at radius 1 is 1.47 bits per heavy atom. The molecule has 0 N–H and O–H groups in total. The van der Waals surface area contributed by atoms with Crippen molar-refractivity contribution in [3.05, 3.63) is 33.8 Å². The highest BCUT2D eigenvalue weighted by atomic mass is 79.9. The van der Waals surface area contributed by atoms with Crippen LogP contribution >= 0.6 is 31.9 Å². The van der Waals surface area contributed by atoms with Crippen LogP contribution in [0.4, 0.5) is 8.78 Å². The second-order valence-corrected chi connectivity index (χ2v) is 4.83. The van der Waals surface area contributed by atoms with Crippen LogP contribution in [-0.2, 0) is 0 Å². The van der Waals surface area contributed by atoms with E-state index in [2.05, 4.69) is 36.6 Å². The van der Waals surface area contributed by atoms with Gasteiger partial charge in [-0.05, 0) is 24.6 Å². The first kappa shape index (κ1) is 14.6. The van der Waals surface area contributed by atoms with Crippen molar-refractivity contribution in [3.63, 3.8) is 0 Å². The molecular formula is C12H12Br2F2O. The number of hydrogen-bond donors (Lipinski definition) is 0. The number of benzene rings is 1. The maximum atomic E-state index is 12.2. The average molecular weight is 370 g/mol. The van der Waals surface area contributed by atoms with Gasteiger partial charge in [-0.1, -0.05) is 50.4 Å². The lowest BCUT2D eigenvalue weighted by Crippen LogP contribution is -2.03. The topological polar surface area (TPSA) is 9.23 Å². The number of allylic oxidation sites excluding steroid dienone is 1. The summed E-state index contributed by atoms with van der Waals surface area (Å²) in [5.74, 6) is 0.190. The SMILES string of the molecule is CCC(=Cc1cc(Br)ccc1OC(F)F)CBr. The van der Waals surface area contributed by atoms with Crippen molar-refractivity contribution in [2.75, 3.05) is 5.33 Å². The summed E-state index contributed by atoms with van der Waals surface area (Å²) >= 11 is 6.67. The molecular weight excluding hydrogens is 358 g/mol. The van der Waals surface area contributed by atoms with Gasteiger partial charge in [-0.3, -0.25) is 0 Å². The van der Waals surface area contributed by atoms with Gasteiger partial charge in [0.25, 0.3) is 0 Å². The van der Waals surface area contributed by atoms with E-state index in [1.54, 1.807) is 12.1 Å². The van der Waals surface area contributed by atoms with Gasteiger partial charge in [0, 0.05) is 15.4 Å².